The average Bonchev–Trinajstić information content (AvgIpc) is 2.32. The molecule has 0 radical (unpaired) electrons. The Balaban J connectivity index is 2.20. The van der Waals surface area contributed by atoms with E-state index in [0.717, 1.165) is 25.1 Å². The second-order valence-corrected chi connectivity index (χ2v) is 5.41. The number of hydrogen-bond donors (Lipinski definition) is 0. The molecule has 0 N–H and O–H groups in total. The fourth-order valence-electron chi connectivity index (χ4n) is 2.12. The number of anilines is 1. The molecule has 0 saturated heterocycles. The molecule has 1 aliphatic rings. The summed E-state index contributed by atoms with van der Waals surface area (Å²) in [6, 6.07) is 6.33. The first kappa shape index (κ1) is 12.8. The maximum absolute atomic E-state index is 11.9. The van der Waals surface area contributed by atoms with Crippen molar-refractivity contribution in [2.75, 3.05) is 25.2 Å². The Hall–Kier alpha value is -0.620. The van der Waals surface area contributed by atoms with Crippen molar-refractivity contribution < 1.29 is 9.53 Å². The number of carbonyl (C=O) groups excluding carboxylic acids is 1. The highest BCUT2D eigenvalue weighted by molar-refractivity contribution is 14.1. The summed E-state index contributed by atoms with van der Waals surface area (Å²) in [6.07, 6.45) is 2.37. The number of nitrogens with zero attached hydrogens (tertiary/aromatic N) is 1. The topological polar surface area (TPSA) is 29.5 Å². The molecule has 1 heterocycles. The van der Waals surface area contributed by atoms with E-state index in [2.05, 4.69) is 40.8 Å². The lowest BCUT2D eigenvalue weighted by molar-refractivity contribution is -0.118. The number of benzene rings is 1. The molecule has 0 aromatic heterocycles. The fraction of sp³-hybridized carbons (Fsp3) is 0.462. The van der Waals surface area contributed by atoms with Crippen LogP contribution in [0.4, 0.5) is 5.69 Å². The van der Waals surface area contributed by atoms with Gasteiger partial charge in [0.15, 0.2) is 0 Å². The van der Waals surface area contributed by atoms with Crippen LogP contribution in [0.1, 0.15) is 18.4 Å². The third-order valence-corrected chi connectivity index (χ3v) is 3.65. The standard InChI is InChI=1S/C13H16INO2/c1-17-8-2-7-15-12-9-11(14)5-3-10(12)4-6-13(15)16/h3,5,9H,2,4,6-8H2,1H3. The van der Waals surface area contributed by atoms with Gasteiger partial charge in [0.05, 0.1) is 0 Å². The lowest BCUT2D eigenvalue weighted by Crippen LogP contribution is -2.36. The molecule has 92 valence electrons. The molecule has 17 heavy (non-hydrogen) atoms. The van der Waals surface area contributed by atoms with Gasteiger partial charge >= 0.3 is 0 Å². The number of carbonyl (C=O) groups is 1. The van der Waals surface area contributed by atoms with Crippen LogP contribution in [0.3, 0.4) is 0 Å². The highest BCUT2D eigenvalue weighted by Crippen LogP contribution is 2.29. The van der Waals surface area contributed by atoms with E-state index >= 15 is 0 Å². The number of methoxy groups -OCH3 is 1. The molecule has 3 nitrogen and oxygen atoms in total. The quantitative estimate of drug-likeness (QED) is 0.620. The van der Waals surface area contributed by atoms with Crippen LogP contribution in [0, 0.1) is 3.57 Å². The molecule has 0 atom stereocenters. The van der Waals surface area contributed by atoms with Crippen LogP contribution in [0.5, 0.6) is 0 Å². The molecule has 1 amide bonds. The van der Waals surface area contributed by atoms with Crippen LogP contribution < -0.4 is 4.90 Å². The minimum atomic E-state index is 0.232. The molecule has 0 saturated carbocycles. The summed E-state index contributed by atoms with van der Waals surface area (Å²) in [4.78, 5) is 13.8. The molecule has 0 unspecified atom stereocenters. The lowest BCUT2D eigenvalue weighted by Gasteiger charge is -2.29. The van der Waals surface area contributed by atoms with Gasteiger partial charge in [0, 0.05) is 35.9 Å². The number of amides is 1. The maximum Gasteiger partial charge on any atom is 0.227 e. The van der Waals surface area contributed by atoms with Gasteiger partial charge in [-0.2, -0.15) is 0 Å². The molecule has 0 fully saturated rings. The smallest absolute Gasteiger partial charge is 0.227 e. The molecular formula is C13H16INO2. The summed E-state index contributed by atoms with van der Waals surface area (Å²) in [7, 11) is 1.69. The SMILES string of the molecule is COCCCN1C(=O)CCc2ccc(I)cc21. The van der Waals surface area contributed by atoms with Crippen molar-refractivity contribution in [3.8, 4) is 0 Å². The van der Waals surface area contributed by atoms with Crippen LogP contribution in [-0.2, 0) is 16.0 Å². The van der Waals surface area contributed by atoms with Crippen LogP contribution >= 0.6 is 22.6 Å². The van der Waals surface area contributed by atoms with Crippen LogP contribution in [0.2, 0.25) is 0 Å². The first-order valence-electron chi connectivity index (χ1n) is 5.80. The van der Waals surface area contributed by atoms with Crippen molar-refractivity contribution in [2.24, 2.45) is 0 Å². The fourth-order valence-corrected chi connectivity index (χ4v) is 2.60. The number of ether oxygens (including phenoxy) is 1. The molecule has 0 bridgehead atoms. The van der Waals surface area contributed by atoms with Gasteiger partial charge in [-0.05, 0) is 53.1 Å². The molecular weight excluding hydrogens is 329 g/mol. The first-order chi connectivity index (χ1) is 8.22. The molecule has 0 aliphatic carbocycles. The van der Waals surface area contributed by atoms with Crippen LogP contribution in [0.25, 0.3) is 0 Å². The Morgan fingerprint density at radius 2 is 2.24 bits per heavy atom. The Morgan fingerprint density at radius 1 is 1.41 bits per heavy atom. The summed E-state index contributed by atoms with van der Waals surface area (Å²) in [6.45, 7) is 1.45. The van der Waals surface area contributed by atoms with Gasteiger partial charge in [-0.3, -0.25) is 4.79 Å². The number of rotatable bonds is 4. The summed E-state index contributed by atoms with van der Waals surface area (Å²) < 4.78 is 6.21. The lowest BCUT2D eigenvalue weighted by atomic mass is 10.0. The summed E-state index contributed by atoms with van der Waals surface area (Å²) in [5.41, 5.74) is 2.37. The van der Waals surface area contributed by atoms with Gasteiger partial charge in [-0.1, -0.05) is 6.07 Å². The highest BCUT2D eigenvalue weighted by Gasteiger charge is 2.23. The van der Waals surface area contributed by atoms with Crippen molar-refractivity contribution in [3.63, 3.8) is 0 Å². The normalized spacial score (nSPS) is 14.9. The van der Waals surface area contributed by atoms with Gasteiger partial charge in [-0.25, -0.2) is 0 Å². The minimum Gasteiger partial charge on any atom is -0.385 e. The number of fused-ring (bicyclic) bond motifs is 1. The van der Waals surface area contributed by atoms with Crippen molar-refractivity contribution in [1.82, 2.24) is 0 Å². The molecule has 2 rings (SSSR count). The number of aryl methyl sites for hydroxylation is 1. The highest BCUT2D eigenvalue weighted by atomic mass is 127. The van der Waals surface area contributed by atoms with Gasteiger partial charge in [0.25, 0.3) is 0 Å². The van der Waals surface area contributed by atoms with Crippen molar-refractivity contribution in [3.05, 3.63) is 27.3 Å². The Bertz CT molecular complexity index is 420. The van der Waals surface area contributed by atoms with Crippen LogP contribution in [0.15, 0.2) is 18.2 Å². The monoisotopic (exact) mass is 345 g/mol. The molecule has 0 spiro atoms. The Kier molecular flexibility index (Phi) is 4.39. The predicted molar refractivity (Wildman–Crippen MR) is 76.3 cm³/mol. The summed E-state index contributed by atoms with van der Waals surface area (Å²) in [5.74, 6) is 0.232. The molecule has 1 aliphatic heterocycles. The second kappa shape index (κ2) is 5.82. The van der Waals surface area contributed by atoms with E-state index in [1.807, 2.05) is 4.90 Å². The Morgan fingerprint density at radius 3 is 3.00 bits per heavy atom. The maximum atomic E-state index is 11.9. The van der Waals surface area contributed by atoms with Crippen molar-refractivity contribution in [2.45, 2.75) is 19.3 Å². The Labute approximate surface area is 115 Å². The van der Waals surface area contributed by atoms with Crippen molar-refractivity contribution in [1.29, 1.82) is 0 Å². The second-order valence-electron chi connectivity index (χ2n) is 4.16. The van der Waals surface area contributed by atoms with E-state index < -0.39 is 0 Å². The van der Waals surface area contributed by atoms with Gasteiger partial charge in [0.2, 0.25) is 5.91 Å². The predicted octanol–water partition coefficient (Wildman–Crippen LogP) is 2.61. The molecule has 1 aromatic rings. The van der Waals surface area contributed by atoms with E-state index in [9.17, 15) is 4.79 Å². The van der Waals surface area contributed by atoms with E-state index in [4.69, 9.17) is 4.74 Å². The zero-order valence-corrected chi connectivity index (χ0v) is 12.1. The summed E-state index contributed by atoms with van der Waals surface area (Å²) in [5, 5.41) is 0. The van der Waals surface area contributed by atoms with E-state index in [1.54, 1.807) is 7.11 Å². The van der Waals surface area contributed by atoms with Gasteiger partial charge < -0.3 is 9.64 Å². The first-order valence-corrected chi connectivity index (χ1v) is 6.88. The third kappa shape index (κ3) is 2.98. The minimum absolute atomic E-state index is 0.232. The van der Waals surface area contributed by atoms with Crippen LogP contribution in [-0.4, -0.2) is 26.2 Å². The number of hydrogen-bond acceptors (Lipinski definition) is 2. The zero-order chi connectivity index (χ0) is 12.3. The van der Waals surface area contributed by atoms with Gasteiger partial charge in [0.1, 0.15) is 0 Å². The van der Waals surface area contributed by atoms with Crippen molar-refractivity contribution >= 4 is 34.2 Å². The molecule has 1 aromatic carbocycles. The zero-order valence-electron chi connectivity index (χ0n) is 9.91. The largest absolute Gasteiger partial charge is 0.385 e. The van der Waals surface area contributed by atoms with E-state index in [1.165, 1.54) is 9.13 Å². The van der Waals surface area contributed by atoms with E-state index in [-0.39, 0.29) is 5.91 Å². The average molecular weight is 345 g/mol. The molecule has 4 heteroatoms. The number of halogens is 1. The van der Waals surface area contributed by atoms with Gasteiger partial charge in [-0.15, -0.1) is 0 Å². The van der Waals surface area contributed by atoms with E-state index in [0.29, 0.717) is 13.0 Å². The third-order valence-electron chi connectivity index (χ3n) is 2.98. The summed E-state index contributed by atoms with van der Waals surface area (Å²) >= 11 is 2.29.